The van der Waals surface area contributed by atoms with E-state index in [4.69, 9.17) is 10.5 Å². The molecule has 4 nitrogen and oxygen atoms in total. The highest BCUT2D eigenvalue weighted by atomic mass is 16.5. The molecule has 1 aromatic heterocycles. The summed E-state index contributed by atoms with van der Waals surface area (Å²) in [5, 5.41) is 0. The standard InChI is InChI=1S/C14H25N3O/c1-14(12-15,7-11-18-3)17(2)10-6-13-4-8-16-9-5-13/h4-5,8-9H,6-7,10-12,15H2,1-3H3. The minimum Gasteiger partial charge on any atom is -0.385 e. The van der Waals surface area contributed by atoms with Crippen LogP contribution >= 0.6 is 0 Å². The largest absolute Gasteiger partial charge is 0.385 e. The molecule has 0 saturated heterocycles. The van der Waals surface area contributed by atoms with Gasteiger partial charge in [0, 0.05) is 44.7 Å². The second-order valence-electron chi connectivity index (χ2n) is 4.97. The van der Waals surface area contributed by atoms with E-state index in [1.54, 1.807) is 7.11 Å². The average Bonchev–Trinajstić information content (AvgIpc) is 2.43. The van der Waals surface area contributed by atoms with Gasteiger partial charge in [0.2, 0.25) is 0 Å². The van der Waals surface area contributed by atoms with Crippen molar-refractivity contribution in [3.05, 3.63) is 30.1 Å². The number of nitrogens with two attached hydrogens (primary N) is 1. The molecule has 0 fully saturated rings. The molecule has 1 unspecified atom stereocenters. The Balaban J connectivity index is 2.49. The lowest BCUT2D eigenvalue weighted by atomic mass is 9.96. The molecule has 0 aliphatic rings. The van der Waals surface area contributed by atoms with Crippen molar-refractivity contribution in [2.75, 3.05) is 33.9 Å². The first-order chi connectivity index (χ1) is 8.62. The normalized spacial score (nSPS) is 14.7. The van der Waals surface area contributed by atoms with Crippen LogP contribution in [0.3, 0.4) is 0 Å². The van der Waals surface area contributed by atoms with Crippen molar-refractivity contribution in [3.63, 3.8) is 0 Å². The number of hydrogen-bond acceptors (Lipinski definition) is 4. The van der Waals surface area contributed by atoms with Gasteiger partial charge in [-0.25, -0.2) is 0 Å². The van der Waals surface area contributed by atoms with E-state index in [1.807, 2.05) is 12.4 Å². The van der Waals surface area contributed by atoms with Crippen molar-refractivity contribution < 1.29 is 4.74 Å². The van der Waals surface area contributed by atoms with Gasteiger partial charge in [0.1, 0.15) is 0 Å². The third-order valence-electron chi connectivity index (χ3n) is 3.69. The Morgan fingerprint density at radius 1 is 1.39 bits per heavy atom. The maximum Gasteiger partial charge on any atom is 0.0480 e. The summed E-state index contributed by atoms with van der Waals surface area (Å²) in [4.78, 5) is 6.35. The summed E-state index contributed by atoms with van der Waals surface area (Å²) < 4.78 is 5.16. The molecule has 18 heavy (non-hydrogen) atoms. The minimum absolute atomic E-state index is 0.00302. The lowest BCUT2D eigenvalue weighted by Gasteiger charge is -2.38. The van der Waals surface area contributed by atoms with Crippen LogP contribution < -0.4 is 5.73 Å². The van der Waals surface area contributed by atoms with Gasteiger partial charge < -0.3 is 10.5 Å². The van der Waals surface area contributed by atoms with Gasteiger partial charge in [-0.3, -0.25) is 9.88 Å². The van der Waals surface area contributed by atoms with E-state index in [0.717, 1.165) is 26.0 Å². The lowest BCUT2D eigenvalue weighted by Crippen LogP contribution is -2.51. The fraction of sp³-hybridized carbons (Fsp3) is 0.643. The van der Waals surface area contributed by atoms with E-state index in [0.29, 0.717) is 6.54 Å². The van der Waals surface area contributed by atoms with Gasteiger partial charge in [-0.05, 0) is 44.5 Å². The van der Waals surface area contributed by atoms with Crippen molar-refractivity contribution in [2.45, 2.75) is 25.3 Å². The molecule has 1 atom stereocenters. The fourth-order valence-electron chi connectivity index (χ4n) is 1.89. The Kier molecular flexibility index (Phi) is 6.25. The second kappa shape index (κ2) is 7.46. The molecular formula is C14H25N3O. The molecule has 102 valence electrons. The summed E-state index contributed by atoms with van der Waals surface area (Å²) in [7, 11) is 3.86. The summed E-state index contributed by atoms with van der Waals surface area (Å²) in [5.74, 6) is 0. The number of pyridine rings is 1. The summed E-state index contributed by atoms with van der Waals surface area (Å²) in [6.07, 6.45) is 5.64. The molecule has 4 heteroatoms. The highest BCUT2D eigenvalue weighted by molar-refractivity contribution is 5.10. The average molecular weight is 251 g/mol. The van der Waals surface area contributed by atoms with Gasteiger partial charge in [0.15, 0.2) is 0 Å². The number of hydrogen-bond donors (Lipinski definition) is 1. The van der Waals surface area contributed by atoms with Crippen molar-refractivity contribution in [1.29, 1.82) is 0 Å². The molecule has 1 rings (SSSR count). The number of ether oxygens (including phenoxy) is 1. The van der Waals surface area contributed by atoms with Crippen LogP contribution in [0, 0.1) is 0 Å². The highest BCUT2D eigenvalue weighted by Gasteiger charge is 2.26. The van der Waals surface area contributed by atoms with Crippen LogP contribution in [0.2, 0.25) is 0 Å². The van der Waals surface area contributed by atoms with Crippen LogP contribution in [-0.4, -0.2) is 49.3 Å². The van der Waals surface area contributed by atoms with Crippen LogP contribution in [0.1, 0.15) is 18.9 Å². The topological polar surface area (TPSA) is 51.4 Å². The first kappa shape index (κ1) is 15.1. The Morgan fingerprint density at radius 3 is 2.61 bits per heavy atom. The van der Waals surface area contributed by atoms with E-state index in [-0.39, 0.29) is 5.54 Å². The van der Waals surface area contributed by atoms with E-state index in [1.165, 1.54) is 5.56 Å². The Bertz CT molecular complexity index is 331. The number of nitrogens with zero attached hydrogens (tertiary/aromatic N) is 2. The maximum atomic E-state index is 5.91. The molecule has 0 aliphatic carbocycles. The lowest BCUT2D eigenvalue weighted by molar-refractivity contribution is 0.0900. The van der Waals surface area contributed by atoms with E-state index < -0.39 is 0 Å². The van der Waals surface area contributed by atoms with Crippen molar-refractivity contribution >= 4 is 0 Å². The molecule has 0 amide bonds. The van der Waals surface area contributed by atoms with Gasteiger partial charge in [-0.2, -0.15) is 0 Å². The predicted octanol–water partition coefficient (Wildman–Crippen LogP) is 1.31. The molecular weight excluding hydrogens is 226 g/mol. The summed E-state index contributed by atoms with van der Waals surface area (Å²) in [6, 6.07) is 4.12. The number of methoxy groups -OCH3 is 1. The molecule has 0 bridgehead atoms. The van der Waals surface area contributed by atoms with E-state index in [2.05, 4.69) is 36.0 Å². The monoisotopic (exact) mass is 251 g/mol. The fourth-order valence-corrected chi connectivity index (χ4v) is 1.89. The Morgan fingerprint density at radius 2 is 2.06 bits per heavy atom. The van der Waals surface area contributed by atoms with Crippen LogP contribution in [0.25, 0.3) is 0 Å². The van der Waals surface area contributed by atoms with Crippen molar-refractivity contribution in [1.82, 2.24) is 9.88 Å². The molecule has 0 aliphatic heterocycles. The molecule has 2 N–H and O–H groups in total. The number of likely N-dealkylation sites (N-methyl/N-ethyl adjacent to an activating group) is 1. The summed E-state index contributed by atoms with van der Waals surface area (Å²) in [5.41, 5.74) is 7.22. The number of rotatable bonds is 8. The first-order valence-electron chi connectivity index (χ1n) is 6.41. The van der Waals surface area contributed by atoms with Gasteiger partial charge in [0.05, 0.1) is 0 Å². The smallest absolute Gasteiger partial charge is 0.0480 e. The van der Waals surface area contributed by atoms with Crippen molar-refractivity contribution in [3.8, 4) is 0 Å². The SMILES string of the molecule is COCCC(C)(CN)N(C)CCc1ccncc1. The van der Waals surface area contributed by atoms with Crippen LogP contribution in [0.15, 0.2) is 24.5 Å². The highest BCUT2D eigenvalue weighted by Crippen LogP contribution is 2.17. The summed E-state index contributed by atoms with van der Waals surface area (Å²) >= 11 is 0. The minimum atomic E-state index is 0.00302. The Labute approximate surface area is 110 Å². The third kappa shape index (κ3) is 4.37. The van der Waals surface area contributed by atoms with Gasteiger partial charge in [-0.15, -0.1) is 0 Å². The maximum absolute atomic E-state index is 5.91. The van der Waals surface area contributed by atoms with E-state index >= 15 is 0 Å². The van der Waals surface area contributed by atoms with Gasteiger partial charge >= 0.3 is 0 Å². The van der Waals surface area contributed by atoms with Gasteiger partial charge in [-0.1, -0.05) is 0 Å². The third-order valence-corrected chi connectivity index (χ3v) is 3.69. The Hall–Kier alpha value is -0.970. The van der Waals surface area contributed by atoms with Crippen LogP contribution in [0.5, 0.6) is 0 Å². The van der Waals surface area contributed by atoms with E-state index in [9.17, 15) is 0 Å². The zero-order chi connectivity index (χ0) is 13.4. The zero-order valence-corrected chi connectivity index (χ0v) is 11.7. The molecule has 0 radical (unpaired) electrons. The zero-order valence-electron chi connectivity index (χ0n) is 11.7. The molecule has 1 aromatic rings. The van der Waals surface area contributed by atoms with Gasteiger partial charge in [0.25, 0.3) is 0 Å². The summed E-state index contributed by atoms with van der Waals surface area (Å²) in [6.45, 7) is 4.57. The van der Waals surface area contributed by atoms with Crippen LogP contribution in [-0.2, 0) is 11.2 Å². The molecule has 0 spiro atoms. The molecule has 0 saturated carbocycles. The number of aromatic nitrogens is 1. The molecule has 1 heterocycles. The van der Waals surface area contributed by atoms with Crippen molar-refractivity contribution in [2.24, 2.45) is 5.73 Å². The van der Waals surface area contributed by atoms with Crippen LogP contribution in [0.4, 0.5) is 0 Å². The predicted molar refractivity (Wildman–Crippen MR) is 74.5 cm³/mol. The molecule has 0 aromatic carbocycles. The first-order valence-corrected chi connectivity index (χ1v) is 6.41. The second-order valence-corrected chi connectivity index (χ2v) is 4.97. The quantitative estimate of drug-likeness (QED) is 0.757.